The number of unbranched alkanes of at least 4 members (excludes halogenated alkanes) is 1. The Morgan fingerprint density at radius 1 is 1.09 bits per heavy atom. The van der Waals surface area contributed by atoms with Crippen LogP contribution < -0.4 is 33.6 Å². The number of aliphatic hydroxyl groups is 1. The zero-order valence-corrected chi connectivity index (χ0v) is 20.2. The van der Waals surface area contributed by atoms with Crippen molar-refractivity contribution in [2.24, 2.45) is 27.9 Å². The predicted octanol–water partition coefficient (Wildman–Crippen LogP) is -3.08. The minimum Gasteiger partial charge on any atom is -0.480 e. The van der Waals surface area contributed by atoms with Gasteiger partial charge in [-0.05, 0) is 58.4 Å². The Bertz CT molecular complexity index is 758. The fourth-order valence-corrected chi connectivity index (χ4v) is 3.78. The first-order chi connectivity index (χ1) is 16.5. The van der Waals surface area contributed by atoms with Gasteiger partial charge in [0.25, 0.3) is 5.91 Å². The lowest BCUT2D eigenvalue weighted by molar-refractivity contribution is -0.145. The standard InChI is InChI=1S/C21H40N8O6/c1-12(23)16(30)18(32)27-13(6-2-3-9-22)19(33)29-11-5-8-15(29)17(31)28-14(20(34)35)7-4-10-26-21(24)25/h12-16,30H,2-11,22-23H2,1H3,(H,27,32)(H,28,31)(H,34,35)(H4,24,25,26)/t12-,13+,14+,15+,16+/m1/s1. The molecule has 200 valence electrons. The number of guanidine groups is 1. The number of aliphatic imine (C=N–C) groups is 1. The maximum absolute atomic E-state index is 13.3. The molecule has 1 heterocycles. The number of rotatable bonds is 15. The summed E-state index contributed by atoms with van der Waals surface area (Å²) in [4.78, 5) is 55.3. The van der Waals surface area contributed by atoms with Crippen molar-refractivity contribution in [1.29, 1.82) is 0 Å². The number of nitrogens with two attached hydrogens (primary N) is 4. The van der Waals surface area contributed by atoms with Crippen LogP contribution in [-0.2, 0) is 19.2 Å². The van der Waals surface area contributed by atoms with E-state index in [4.69, 9.17) is 22.9 Å². The van der Waals surface area contributed by atoms with Gasteiger partial charge in [0.2, 0.25) is 11.8 Å². The fourth-order valence-electron chi connectivity index (χ4n) is 3.78. The molecule has 0 radical (unpaired) electrons. The molecule has 0 spiro atoms. The molecule has 1 rings (SSSR count). The molecule has 1 aliphatic rings. The summed E-state index contributed by atoms with van der Waals surface area (Å²) in [7, 11) is 0. The maximum atomic E-state index is 13.3. The van der Waals surface area contributed by atoms with Crippen LogP contribution in [0.15, 0.2) is 4.99 Å². The number of aliphatic carboxylic acids is 1. The summed E-state index contributed by atoms with van der Waals surface area (Å²) in [6.07, 6.45) is 1.27. The van der Waals surface area contributed by atoms with Gasteiger partial charge < -0.3 is 48.7 Å². The topological polar surface area (TPSA) is 252 Å². The van der Waals surface area contributed by atoms with Crippen molar-refractivity contribution in [3.8, 4) is 0 Å². The van der Waals surface area contributed by atoms with E-state index in [0.717, 1.165) is 0 Å². The Hall–Kier alpha value is -2.97. The Morgan fingerprint density at radius 3 is 2.31 bits per heavy atom. The monoisotopic (exact) mass is 500 g/mol. The first-order valence-corrected chi connectivity index (χ1v) is 11.8. The second-order valence-corrected chi connectivity index (χ2v) is 8.69. The van der Waals surface area contributed by atoms with Crippen LogP contribution in [-0.4, -0.2) is 94.7 Å². The highest BCUT2D eigenvalue weighted by atomic mass is 16.4. The largest absolute Gasteiger partial charge is 0.480 e. The fraction of sp³-hybridized carbons (Fsp3) is 0.762. The molecule has 1 aliphatic heterocycles. The minimum absolute atomic E-state index is 0.103. The van der Waals surface area contributed by atoms with E-state index < -0.39 is 54.0 Å². The van der Waals surface area contributed by atoms with Crippen LogP contribution in [0.25, 0.3) is 0 Å². The van der Waals surface area contributed by atoms with E-state index in [-0.39, 0.29) is 31.9 Å². The number of carboxylic acids is 1. The molecule has 0 aromatic carbocycles. The molecular formula is C21H40N8O6. The van der Waals surface area contributed by atoms with Crippen LogP contribution >= 0.6 is 0 Å². The molecule has 5 atom stereocenters. The summed E-state index contributed by atoms with van der Waals surface area (Å²) in [5.74, 6) is -3.17. The first kappa shape index (κ1) is 30.1. The van der Waals surface area contributed by atoms with Crippen LogP contribution in [0.2, 0.25) is 0 Å². The summed E-state index contributed by atoms with van der Waals surface area (Å²) >= 11 is 0. The van der Waals surface area contributed by atoms with E-state index in [2.05, 4.69) is 15.6 Å². The van der Waals surface area contributed by atoms with E-state index in [1.807, 2.05) is 0 Å². The normalized spacial score (nSPS) is 18.7. The molecule has 0 aromatic heterocycles. The third kappa shape index (κ3) is 10.0. The zero-order chi connectivity index (χ0) is 26.5. The number of nitrogens with zero attached hydrogens (tertiary/aromatic N) is 2. The van der Waals surface area contributed by atoms with Crippen LogP contribution in [0.4, 0.5) is 0 Å². The van der Waals surface area contributed by atoms with E-state index in [9.17, 15) is 29.4 Å². The molecule has 0 aromatic rings. The second-order valence-electron chi connectivity index (χ2n) is 8.69. The van der Waals surface area contributed by atoms with Crippen LogP contribution in [0.5, 0.6) is 0 Å². The van der Waals surface area contributed by atoms with Crippen LogP contribution in [0.1, 0.15) is 51.9 Å². The van der Waals surface area contributed by atoms with Gasteiger partial charge >= 0.3 is 5.97 Å². The lowest BCUT2D eigenvalue weighted by atomic mass is 10.1. The van der Waals surface area contributed by atoms with E-state index >= 15 is 0 Å². The average molecular weight is 501 g/mol. The van der Waals surface area contributed by atoms with E-state index in [1.54, 1.807) is 0 Å². The van der Waals surface area contributed by atoms with Gasteiger partial charge in [-0.3, -0.25) is 19.4 Å². The summed E-state index contributed by atoms with van der Waals surface area (Å²) in [6, 6.07) is -3.87. The Kier molecular flexibility index (Phi) is 13.0. The van der Waals surface area contributed by atoms with E-state index in [1.165, 1.54) is 11.8 Å². The first-order valence-electron chi connectivity index (χ1n) is 11.8. The van der Waals surface area contributed by atoms with Crippen molar-refractivity contribution >= 4 is 29.7 Å². The molecule has 14 nitrogen and oxygen atoms in total. The van der Waals surface area contributed by atoms with Crippen molar-refractivity contribution in [3.05, 3.63) is 0 Å². The highest BCUT2D eigenvalue weighted by Crippen LogP contribution is 2.20. The van der Waals surface area contributed by atoms with Gasteiger partial charge in [0.05, 0.1) is 0 Å². The lowest BCUT2D eigenvalue weighted by Gasteiger charge is -2.30. The summed E-state index contributed by atoms with van der Waals surface area (Å²) in [5, 5.41) is 24.5. The molecule has 14 heteroatoms. The average Bonchev–Trinajstić information content (AvgIpc) is 3.29. The third-order valence-corrected chi connectivity index (χ3v) is 5.73. The third-order valence-electron chi connectivity index (χ3n) is 5.73. The number of carbonyl (C=O) groups is 4. The van der Waals surface area contributed by atoms with Crippen LogP contribution in [0, 0.1) is 0 Å². The number of hydrogen-bond donors (Lipinski definition) is 8. The van der Waals surface area contributed by atoms with Crippen molar-refractivity contribution in [2.45, 2.75) is 82.1 Å². The summed E-state index contributed by atoms with van der Waals surface area (Å²) < 4.78 is 0. The second kappa shape index (κ2) is 15.1. The molecular weight excluding hydrogens is 460 g/mol. The van der Waals surface area contributed by atoms with Gasteiger partial charge in [-0.2, -0.15) is 0 Å². The molecule has 3 amide bonds. The number of carboxylic acid groups (broad SMARTS) is 1. The van der Waals surface area contributed by atoms with Gasteiger partial charge in [-0.15, -0.1) is 0 Å². The maximum Gasteiger partial charge on any atom is 0.326 e. The number of amides is 3. The SMILES string of the molecule is C[C@@H](N)[C@H](O)C(=O)N[C@@H](CCCCN)C(=O)N1CCC[C@H]1C(=O)N[C@@H](CCCN=C(N)N)C(=O)O. The quantitative estimate of drug-likeness (QED) is 0.0639. The van der Waals surface area contributed by atoms with Crippen molar-refractivity contribution in [1.82, 2.24) is 15.5 Å². The Morgan fingerprint density at radius 2 is 1.74 bits per heavy atom. The minimum atomic E-state index is -1.49. The number of carbonyl (C=O) groups excluding carboxylic acids is 3. The zero-order valence-electron chi connectivity index (χ0n) is 20.2. The smallest absolute Gasteiger partial charge is 0.326 e. The van der Waals surface area contributed by atoms with Crippen molar-refractivity contribution in [2.75, 3.05) is 19.6 Å². The molecule has 35 heavy (non-hydrogen) atoms. The molecule has 12 N–H and O–H groups in total. The molecule has 0 unspecified atom stereocenters. The lowest BCUT2D eigenvalue weighted by Crippen LogP contribution is -2.57. The Balaban J connectivity index is 2.90. The number of likely N-dealkylation sites (tertiary alicyclic amines) is 1. The molecule has 1 fully saturated rings. The van der Waals surface area contributed by atoms with Gasteiger partial charge in [-0.1, -0.05) is 0 Å². The van der Waals surface area contributed by atoms with Gasteiger partial charge in [0.15, 0.2) is 5.96 Å². The molecule has 0 aliphatic carbocycles. The predicted molar refractivity (Wildman–Crippen MR) is 129 cm³/mol. The summed E-state index contributed by atoms with van der Waals surface area (Å²) in [6.45, 7) is 2.37. The molecule has 1 saturated heterocycles. The van der Waals surface area contributed by atoms with Gasteiger partial charge in [-0.25, -0.2) is 4.79 Å². The number of hydrogen-bond acceptors (Lipinski definition) is 8. The van der Waals surface area contributed by atoms with Crippen molar-refractivity contribution in [3.63, 3.8) is 0 Å². The van der Waals surface area contributed by atoms with Gasteiger partial charge in [0, 0.05) is 19.1 Å². The highest BCUT2D eigenvalue weighted by Gasteiger charge is 2.39. The molecule has 0 saturated carbocycles. The van der Waals surface area contributed by atoms with Crippen LogP contribution in [0.3, 0.4) is 0 Å². The number of aliphatic hydroxyl groups excluding tert-OH is 1. The summed E-state index contributed by atoms with van der Waals surface area (Å²) in [5.41, 5.74) is 21.6. The highest BCUT2D eigenvalue weighted by molar-refractivity contribution is 5.94. The molecule has 0 bridgehead atoms. The van der Waals surface area contributed by atoms with Gasteiger partial charge in [0.1, 0.15) is 24.2 Å². The Labute approximate surface area is 204 Å². The number of nitrogens with one attached hydrogen (secondary N) is 2. The van der Waals surface area contributed by atoms with E-state index in [0.29, 0.717) is 38.6 Å². The van der Waals surface area contributed by atoms with Crippen molar-refractivity contribution < 1.29 is 29.4 Å².